The molecule has 1 amide bonds. The van der Waals surface area contributed by atoms with Gasteiger partial charge in [-0.25, -0.2) is 8.42 Å². The molecule has 2 heterocycles. The molecule has 6 heteroatoms. The van der Waals surface area contributed by atoms with E-state index in [1.165, 1.54) is 32.1 Å². The third kappa shape index (κ3) is 3.47. The molecule has 1 atom stereocenters. The van der Waals surface area contributed by atoms with Crippen LogP contribution in [0.4, 0.5) is 0 Å². The van der Waals surface area contributed by atoms with Gasteiger partial charge in [-0.2, -0.15) is 0 Å². The van der Waals surface area contributed by atoms with Crippen LogP contribution in [0.15, 0.2) is 6.07 Å². The zero-order valence-electron chi connectivity index (χ0n) is 14.0. The monoisotopic (exact) mass is 338 g/mol. The lowest BCUT2D eigenvalue weighted by Crippen LogP contribution is -2.35. The summed E-state index contributed by atoms with van der Waals surface area (Å²) >= 11 is 0. The van der Waals surface area contributed by atoms with Crippen LogP contribution in [0.3, 0.4) is 0 Å². The summed E-state index contributed by atoms with van der Waals surface area (Å²) in [6, 6.07) is 2.20. The van der Waals surface area contributed by atoms with Gasteiger partial charge in [0.15, 0.2) is 9.84 Å². The van der Waals surface area contributed by atoms with Crippen molar-refractivity contribution in [2.75, 3.05) is 11.5 Å². The van der Waals surface area contributed by atoms with E-state index in [0.29, 0.717) is 18.0 Å². The molecule has 0 aromatic carbocycles. The van der Waals surface area contributed by atoms with E-state index in [4.69, 9.17) is 0 Å². The van der Waals surface area contributed by atoms with Gasteiger partial charge in [-0.05, 0) is 39.2 Å². The van der Waals surface area contributed by atoms with Crippen LogP contribution in [0.1, 0.15) is 66.3 Å². The van der Waals surface area contributed by atoms with Crippen LogP contribution in [0.25, 0.3) is 0 Å². The van der Waals surface area contributed by atoms with E-state index in [9.17, 15) is 13.2 Å². The van der Waals surface area contributed by atoms with Crippen LogP contribution in [-0.2, 0) is 9.84 Å². The van der Waals surface area contributed by atoms with Crippen molar-refractivity contribution in [1.82, 2.24) is 9.88 Å². The fourth-order valence-corrected chi connectivity index (χ4v) is 5.75. The first-order valence-electron chi connectivity index (χ1n) is 8.57. The van der Waals surface area contributed by atoms with E-state index >= 15 is 0 Å². The summed E-state index contributed by atoms with van der Waals surface area (Å²) in [6.07, 6.45) is 6.69. The van der Waals surface area contributed by atoms with Crippen molar-refractivity contribution in [3.05, 3.63) is 23.0 Å². The maximum Gasteiger partial charge on any atom is 0.253 e. The minimum Gasteiger partial charge on any atom is -0.348 e. The summed E-state index contributed by atoms with van der Waals surface area (Å²) in [5, 5.41) is 2.90. The van der Waals surface area contributed by atoms with Crippen LogP contribution < -0.4 is 5.32 Å². The molecule has 2 aliphatic rings. The van der Waals surface area contributed by atoms with Gasteiger partial charge < -0.3 is 9.88 Å². The molecule has 1 aliphatic heterocycles. The van der Waals surface area contributed by atoms with E-state index in [0.717, 1.165) is 11.4 Å². The molecule has 5 nitrogen and oxygen atoms in total. The maximum atomic E-state index is 12.6. The van der Waals surface area contributed by atoms with Gasteiger partial charge in [0.1, 0.15) is 0 Å². The number of carbonyl (C=O) groups excluding carboxylic acids is 1. The first-order valence-corrected chi connectivity index (χ1v) is 10.4. The average Bonchev–Trinajstić information content (AvgIpc) is 2.99. The zero-order valence-corrected chi connectivity index (χ0v) is 14.8. The quantitative estimate of drug-likeness (QED) is 0.921. The van der Waals surface area contributed by atoms with E-state index < -0.39 is 9.84 Å². The molecule has 1 aromatic rings. The molecule has 0 spiro atoms. The van der Waals surface area contributed by atoms with Gasteiger partial charge in [0.2, 0.25) is 0 Å². The standard InChI is InChI=1S/C17H26N2O3S/c1-12-10-16(13(2)19(12)15-6-4-3-5-7-15)17(20)18-14-8-9-23(21,22)11-14/h10,14-15H,3-9,11H2,1-2H3,(H,18,20)/t14-/m0/s1. The number of hydrogen-bond acceptors (Lipinski definition) is 3. The highest BCUT2D eigenvalue weighted by Gasteiger charge is 2.30. The Bertz CT molecular complexity index is 700. The van der Waals surface area contributed by atoms with Gasteiger partial charge >= 0.3 is 0 Å². The number of sulfone groups is 1. The lowest BCUT2D eigenvalue weighted by Gasteiger charge is -2.26. The first kappa shape index (κ1) is 16.6. The van der Waals surface area contributed by atoms with Crippen molar-refractivity contribution in [3.63, 3.8) is 0 Å². The highest BCUT2D eigenvalue weighted by atomic mass is 32.2. The molecule has 1 aromatic heterocycles. The molecule has 0 radical (unpaired) electrons. The van der Waals surface area contributed by atoms with Gasteiger partial charge in [0, 0.05) is 23.5 Å². The SMILES string of the molecule is Cc1cc(C(=O)N[C@H]2CCS(=O)(=O)C2)c(C)n1C1CCCCC1. The van der Waals surface area contributed by atoms with Gasteiger partial charge in [0.05, 0.1) is 17.1 Å². The number of carbonyl (C=O) groups is 1. The van der Waals surface area contributed by atoms with Crippen LogP contribution in [0.5, 0.6) is 0 Å². The van der Waals surface area contributed by atoms with Crippen LogP contribution in [0, 0.1) is 13.8 Å². The van der Waals surface area contributed by atoms with Crippen LogP contribution in [-0.4, -0.2) is 36.4 Å². The lowest BCUT2D eigenvalue weighted by molar-refractivity contribution is 0.0940. The van der Waals surface area contributed by atoms with E-state index in [-0.39, 0.29) is 23.5 Å². The van der Waals surface area contributed by atoms with Gasteiger partial charge in [-0.1, -0.05) is 19.3 Å². The number of nitrogens with one attached hydrogen (secondary N) is 1. The van der Waals surface area contributed by atoms with E-state index in [1.54, 1.807) is 0 Å². The third-order valence-electron chi connectivity index (χ3n) is 5.24. The fraction of sp³-hybridized carbons (Fsp3) is 0.706. The van der Waals surface area contributed by atoms with Gasteiger partial charge in [0.25, 0.3) is 5.91 Å². The Morgan fingerprint density at radius 1 is 1.17 bits per heavy atom. The predicted molar refractivity (Wildman–Crippen MR) is 90.6 cm³/mol. The number of nitrogens with zero attached hydrogens (tertiary/aromatic N) is 1. The Morgan fingerprint density at radius 2 is 1.87 bits per heavy atom. The maximum absolute atomic E-state index is 12.6. The van der Waals surface area contributed by atoms with Crippen molar-refractivity contribution in [2.24, 2.45) is 0 Å². The number of amides is 1. The summed E-state index contributed by atoms with van der Waals surface area (Å²) < 4.78 is 25.4. The van der Waals surface area contributed by atoms with E-state index in [1.807, 2.05) is 13.0 Å². The molecular weight excluding hydrogens is 312 g/mol. The molecule has 0 bridgehead atoms. The molecular formula is C17H26N2O3S. The van der Waals surface area contributed by atoms with Crippen molar-refractivity contribution in [1.29, 1.82) is 0 Å². The molecule has 23 heavy (non-hydrogen) atoms. The predicted octanol–water partition coefficient (Wildman–Crippen LogP) is 2.53. The number of aromatic nitrogens is 1. The summed E-state index contributed by atoms with van der Waals surface area (Å²) in [5.74, 6) is 0.112. The highest BCUT2D eigenvalue weighted by Crippen LogP contribution is 2.32. The van der Waals surface area contributed by atoms with E-state index in [2.05, 4.69) is 16.8 Å². The van der Waals surface area contributed by atoms with Crippen molar-refractivity contribution in [3.8, 4) is 0 Å². The molecule has 0 unspecified atom stereocenters. The number of aryl methyl sites for hydroxylation is 1. The normalized spacial score (nSPS) is 24.7. The second-order valence-corrected chi connectivity index (χ2v) is 9.25. The number of rotatable bonds is 3. The Balaban J connectivity index is 1.76. The number of hydrogen-bond donors (Lipinski definition) is 1. The van der Waals surface area contributed by atoms with Crippen LogP contribution in [0.2, 0.25) is 0 Å². The summed E-state index contributed by atoms with van der Waals surface area (Å²) in [4.78, 5) is 12.6. The van der Waals surface area contributed by atoms with Crippen molar-refractivity contribution < 1.29 is 13.2 Å². The topological polar surface area (TPSA) is 68.2 Å². The largest absolute Gasteiger partial charge is 0.348 e. The van der Waals surface area contributed by atoms with Crippen LogP contribution >= 0.6 is 0 Å². The zero-order chi connectivity index (χ0) is 16.6. The summed E-state index contributed by atoms with van der Waals surface area (Å²) in [5.41, 5.74) is 2.82. The minimum atomic E-state index is -2.97. The first-order chi connectivity index (χ1) is 10.9. The summed E-state index contributed by atoms with van der Waals surface area (Å²) in [6.45, 7) is 4.06. The fourth-order valence-electron chi connectivity index (χ4n) is 4.08. The molecule has 1 saturated heterocycles. The Morgan fingerprint density at radius 3 is 2.48 bits per heavy atom. The van der Waals surface area contributed by atoms with Crippen molar-refractivity contribution in [2.45, 2.75) is 64.5 Å². The van der Waals surface area contributed by atoms with Gasteiger partial charge in [-0.15, -0.1) is 0 Å². The smallest absolute Gasteiger partial charge is 0.253 e. The van der Waals surface area contributed by atoms with Gasteiger partial charge in [-0.3, -0.25) is 4.79 Å². The highest BCUT2D eigenvalue weighted by molar-refractivity contribution is 7.91. The average molecular weight is 338 g/mol. The summed E-state index contributed by atoms with van der Waals surface area (Å²) in [7, 11) is -2.97. The third-order valence-corrected chi connectivity index (χ3v) is 7.00. The second kappa shape index (κ2) is 6.30. The second-order valence-electron chi connectivity index (χ2n) is 7.02. The molecule has 1 N–H and O–H groups in total. The Labute approximate surface area is 138 Å². The molecule has 1 saturated carbocycles. The lowest BCUT2D eigenvalue weighted by atomic mass is 9.95. The minimum absolute atomic E-state index is 0.0695. The molecule has 2 fully saturated rings. The molecule has 1 aliphatic carbocycles. The molecule has 128 valence electrons. The van der Waals surface area contributed by atoms with Crippen molar-refractivity contribution >= 4 is 15.7 Å². The Kier molecular flexibility index (Phi) is 4.54. The Hall–Kier alpha value is -1.30. The molecule has 3 rings (SSSR count).